The molecular formula is C20H21Cl2N3O. The van der Waals surface area contributed by atoms with Gasteiger partial charge in [0.2, 0.25) is 5.91 Å². The summed E-state index contributed by atoms with van der Waals surface area (Å²) in [5.41, 5.74) is 3.45. The predicted molar refractivity (Wildman–Crippen MR) is 109 cm³/mol. The van der Waals surface area contributed by atoms with Gasteiger partial charge in [-0.3, -0.25) is 4.79 Å². The first-order valence-corrected chi connectivity index (χ1v) is 9.14. The van der Waals surface area contributed by atoms with E-state index < -0.39 is 0 Å². The standard InChI is InChI=1S/C20H20ClN3O.ClH/c21-15-11-10-14(19-22-16-8-4-5-9-17(16)23-19)12-18(15)24-20(25)13-6-2-1-3-7-13;/h4-5,8-13H,1-3,6-7H2,(H,22,23)(H,24,25);1H. The number of halogens is 2. The summed E-state index contributed by atoms with van der Waals surface area (Å²) >= 11 is 6.30. The van der Waals surface area contributed by atoms with Gasteiger partial charge in [0.25, 0.3) is 0 Å². The van der Waals surface area contributed by atoms with Gasteiger partial charge in [0.1, 0.15) is 5.82 Å². The average Bonchev–Trinajstić information content (AvgIpc) is 3.08. The van der Waals surface area contributed by atoms with E-state index in [0.29, 0.717) is 10.7 Å². The zero-order valence-corrected chi connectivity index (χ0v) is 15.9. The van der Waals surface area contributed by atoms with Crippen molar-refractivity contribution < 1.29 is 4.79 Å². The quantitative estimate of drug-likeness (QED) is 0.592. The third-order valence-corrected chi connectivity index (χ3v) is 5.19. The van der Waals surface area contributed by atoms with Crippen LogP contribution in [-0.4, -0.2) is 15.9 Å². The number of H-pyrrole nitrogens is 1. The fraction of sp³-hybridized carbons (Fsp3) is 0.300. The van der Waals surface area contributed by atoms with E-state index in [1.807, 2.05) is 36.4 Å². The molecule has 26 heavy (non-hydrogen) atoms. The van der Waals surface area contributed by atoms with Crippen LogP contribution >= 0.6 is 24.0 Å². The number of rotatable bonds is 3. The Hall–Kier alpha value is -2.04. The molecule has 0 atom stereocenters. The van der Waals surface area contributed by atoms with Gasteiger partial charge in [-0.25, -0.2) is 4.98 Å². The molecule has 4 rings (SSSR count). The monoisotopic (exact) mass is 389 g/mol. The van der Waals surface area contributed by atoms with Crippen molar-refractivity contribution >= 4 is 46.6 Å². The summed E-state index contributed by atoms with van der Waals surface area (Å²) in [6, 6.07) is 13.5. The van der Waals surface area contributed by atoms with Crippen molar-refractivity contribution in [2.24, 2.45) is 5.92 Å². The third-order valence-electron chi connectivity index (χ3n) is 4.86. The molecule has 1 aliphatic carbocycles. The van der Waals surface area contributed by atoms with Crippen LogP contribution in [0.15, 0.2) is 42.5 Å². The van der Waals surface area contributed by atoms with Crippen molar-refractivity contribution in [2.75, 3.05) is 5.32 Å². The molecule has 1 fully saturated rings. The summed E-state index contributed by atoms with van der Waals surface area (Å²) in [7, 11) is 0. The molecule has 1 aliphatic rings. The minimum Gasteiger partial charge on any atom is -0.338 e. The van der Waals surface area contributed by atoms with Crippen LogP contribution in [-0.2, 0) is 4.79 Å². The minimum atomic E-state index is 0. The molecule has 0 unspecified atom stereocenters. The molecule has 3 aromatic rings. The van der Waals surface area contributed by atoms with Gasteiger partial charge in [-0.05, 0) is 43.2 Å². The lowest BCUT2D eigenvalue weighted by Gasteiger charge is -2.21. The Kier molecular flexibility index (Phi) is 5.84. The molecule has 1 heterocycles. The van der Waals surface area contributed by atoms with E-state index in [-0.39, 0.29) is 24.2 Å². The van der Waals surface area contributed by atoms with Crippen LogP contribution < -0.4 is 5.32 Å². The van der Waals surface area contributed by atoms with Crippen molar-refractivity contribution in [3.8, 4) is 11.4 Å². The van der Waals surface area contributed by atoms with Crippen molar-refractivity contribution in [1.82, 2.24) is 9.97 Å². The first kappa shape index (κ1) is 18.7. The normalized spacial score (nSPS) is 14.8. The van der Waals surface area contributed by atoms with Crippen LogP contribution in [0.2, 0.25) is 5.02 Å². The molecule has 136 valence electrons. The maximum Gasteiger partial charge on any atom is 0.227 e. The number of carbonyl (C=O) groups is 1. The Morgan fingerprint density at radius 2 is 1.88 bits per heavy atom. The number of nitrogens with zero attached hydrogens (tertiary/aromatic N) is 1. The molecule has 0 saturated heterocycles. The van der Waals surface area contributed by atoms with Gasteiger partial charge in [0.15, 0.2) is 0 Å². The minimum absolute atomic E-state index is 0. The van der Waals surface area contributed by atoms with Crippen LogP contribution in [0.5, 0.6) is 0 Å². The maximum absolute atomic E-state index is 12.5. The van der Waals surface area contributed by atoms with Crippen LogP contribution in [0.4, 0.5) is 5.69 Å². The number of benzene rings is 2. The van der Waals surface area contributed by atoms with Crippen LogP contribution in [0.3, 0.4) is 0 Å². The third kappa shape index (κ3) is 3.87. The van der Waals surface area contributed by atoms with E-state index >= 15 is 0 Å². The van der Waals surface area contributed by atoms with E-state index in [9.17, 15) is 4.79 Å². The Labute approximate surface area is 163 Å². The lowest BCUT2D eigenvalue weighted by molar-refractivity contribution is -0.120. The first-order chi connectivity index (χ1) is 12.2. The molecule has 0 radical (unpaired) electrons. The van der Waals surface area contributed by atoms with Crippen LogP contribution in [0, 0.1) is 5.92 Å². The number of hydrogen-bond donors (Lipinski definition) is 2. The molecule has 4 nitrogen and oxygen atoms in total. The second-order valence-corrected chi connectivity index (χ2v) is 7.03. The number of aromatic nitrogens is 2. The fourth-order valence-electron chi connectivity index (χ4n) is 3.46. The molecule has 1 aromatic heterocycles. The van der Waals surface area contributed by atoms with Gasteiger partial charge in [0, 0.05) is 11.5 Å². The predicted octanol–water partition coefficient (Wildman–Crippen LogP) is 5.82. The number of para-hydroxylation sites is 2. The highest BCUT2D eigenvalue weighted by Gasteiger charge is 2.22. The smallest absolute Gasteiger partial charge is 0.227 e. The van der Waals surface area contributed by atoms with Gasteiger partial charge in [-0.2, -0.15) is 0 Å². The number of amides is 1. The molecular weight excluding hydrogens is 369 g/mol. The Morgan fingerprint density at radius 1 is 1.12 bits per heavy atom. The Bertz CT molecular complexity index is 883. The lowest BCUT2D eigenvalue weighted by Crippen LogP contribution is -2.24. The Morgan fingerprint density at radius 3 is 2.65 bits per heavy atom. The highest BCUT2D eigenvalue weighted by Crippen LogP contribution is 2.30. The van der Waals surface area contributed by atoms with Crippen molar-refractivity contribution in [3.05, 3.63) is 47.5 Å². The Balaban J connectivity index is 0.00000196. The van der Waals surface area contributed by atoms with Crippen molar-refractivity contribution in [3.63, 3.8) is 0 Å². The molecule has 6 heteroatoms. The second-order valence-electron chi connectivity index (χ2n) is 6.62. The number of carbonyl (C=O) groups excluding carboxylic acids is 1. The van der Waals surface area contributed by atoms with E-state index in [0.717, 1.165) is 48.1 Å². The maximum atomic E-state index is 12.5. The zero-order valence-electron chi connectivity index (χ0n) is 14.3. The first-order valence-electron chi connectivity index (χ1n) is 8.76. The van der Waals surface area contributed by atoms with Crippen molar-refractivity contribution in [2.45, 2.75) is 32.1 Å². The van der Waals surface area contributed by atoms with E-state index in [1.165, 1.54) is 6.42 Å². The van der Waals surface area contributed by atoms with Gasteiger partial charge in [0.05, 0.1) is 21.7 Å². The number of imidazole rings is 1. The average molecular weight is 390 g/mol. The molecule has 2 aromatic carbocycles. The number of aromatic amines is 1. The van der Waals surface area contributed by atoms with E-state index in [4.69, 9.17) is 11.6 Å². The van der Waals surface area contributed by atoms with Crippen LogP contribution in [0.25, 0.3) is 22.4 Å². The summed E-state index contributed by atoms with van der Waals surface area (Å²) in [6.07, 6.45) is 5.42. The van der Waals surface area contributed by atoms with E-state index in [1.54, 1.807) is 6.07 Å². The number of fused-ring (bicyclic) bond motifs is 1. The summed E-state index contributed by atoms with van der Waals surface area (Å²) < 4.78 is 0. The van der Waals surface area contributed by atoms with Crippen molar-refractivity contribution in [1.29, 1.82) is 0 Å². The summed E-state index contributed by atoms with van der Waals surface area (Å²) in [6.45, 7) is 0. The van der Waals surface area contributed by atoms with Crippen LogP contribution in [0.1, 0.15) is 32.1 Å². The molecule has 0 bridgehead atoms. The SMILES string of the molecule is Cl.O=C(Nc1cc(-c2nc3ccccc3[nH]2)ccc1Cl)C1CCCCC1. The topological polar surface area (TPSA) is 57.8 Å². The summed E-state index contributed by atoms with van der Waals surface area (Å²) in [4.78, 5) is 20.4. The molecule has 2 N–H and O–H groups in total. The van der Waals surface area contributed by atoms with Gasteiger partial charge in [-0.1, -0.05) is 43.0 Å². The van der Waals surface area contributed by atoms with Gasteiger partial charge < -0.3 is 10.3 Å². The summed E-state index contributed by atoms with van der Waals surface area (Å²) in [5, 5.41) is 3.56. The number of hydrogen-bond acceptors (Lipinski definition) is 2. The number of anilines is 1. The summed E-state index contributed by atoms with van der Waals surface area (Å²) in [5.74, 6) is 0.939. The zero-order chi connectivity index (χ0) is 17.2. The highest BCUT2D eigenvalue weighted by atomic mass is 35.5. The number of nitrogens with one attached hydrogen (secondary N) is 2. The fourth-order valence-corrected chi connectivity index (χ4v) is 3.62. The highest BCUT2D eigenvalue weighted by molar-refractivity contribution is 6.33. The lowest BCUT2D eigenvalue weighted by atomic mass is 9.88. The largest absolute Gasteiger partial charge is 0.338 e. The van der Waals surface area contributed by atoms with Gasteiger partial charge in [-0.15, -0.1) is 12.4 Å². The molecule has 0 aliphatic heterocycles. The molecule has 0 spiro atoms. The molecule has 1 saturated carbocycles. The molecule has 1 amide bonds. The second kappa shape index (κ2) is 8.11. The van der Waals surface area contributed by atoms with Gasteiger partial charge >= 0.3 is 0 Å². The van der Waals surface area contributed by atoms with E-state index in [2.05, 4.69) is 15.3 Å².